The molecule has 1 aromatic rings. The third kappa shape index (κ3) is 4.83. The molecule has 0 bridgehead atoms. The number of piperidine rings is 1. The molecule has 2 fully saturated rings. The summed E-state index contributed by atoms with van der Waals surface area (Å²) in [5, 5.41) is 6.58. The molecule has 148 valence electrons. The van der Waals surface area contributed by atoms with Gasteiger partial charge in [0.25, 0.3) is 0 Å². The zero-order chi connectivity index (χ0) is 17.2. The van der Waals surface area contributed by atoms with Gasteiger partial charge >= 0.3 is 0 Å². The highest BCUT2D eigenvalue weighted by atomic mass is 35.5. The van der Waals surface area contributed by atoms with Crippen LogP contribution in [0.25, 0.3) is 0 Å². The number of hydrogen-bond donors (Lipinski definition) is 2. The number of benzene rings is 1. The Bertz CT molecular complexity index is 592. The van der Waals surface area contributed by atoms with Gasteiger partial charge in [0.1, 0.15) is 5.75 Å². The summed E-state index contributed by atoms with van der Waals surface area (Å²) in [5.74, 6) is 1.30. The largest absolute Gasteiger partial charge is 0.496 e. The summed E-state index contributed by atoms with van der Waals surface area (Å²) in [6.45, 7) is 2.70. The van der Waals surface area contributed by atoms with Crippen LogP contribution in [0.5, 0.6) is 5.75 Å². The van der Waals surface area contributed by atoms with Crippen molar-refractivity contribution in [3.8, 4) is 5.75 Å². The Morgan fingerprint density at radius 2 is 1.96 bits per heavy atom. The average molecular weight is 404 g/mol. The van der Waals surface area contributed by atoms with Gasteiger partial charge in [-0.15, -0.1) is 24.8 Å². The number of hydrogen-bond acceptors (Lipinski definition) is 4. The molecule has 1 aliphatic carbocycles. The molecular formula is C19H31Cl2N3O2. The maximum atomic E-state index is 12.6. The van der Waals surface area contributed by atoms with Crippen LogP contribution in [0.2, 0.25) is 0 Å². The number of nitrogens with zero attached hydrogens (tertiary/aromatic N) is 1. The Labute approximate surface area is 169 Å². The van der Waals surface area contributed by atoms with Crippen molar-refractivity contribution in [3.05, 3.63) is 29.8 Å². The van der Waals surface area contributed by atoms with Crippen molar-refractivity contribution < 1.29 is 9.53 Å². The van der Waals surface area contributed by atoms with Crippen LogP contribution in [0.3, 0.4) is 0 Å². The summed E-state index contributed by atoms with van der Waals surface area (Å²) in [6.07, 6.45) is 3.32. The Morgan fingerprint density at radius 3 is 2.58 bits per heavy atom. The van der Waals surface area contributed by atoms with Crippen LogP contribution < -0.4 is 15.4 Å². The fourth-order valence-corrected chi connectivity index (χ4v) is 4.03. The number of ether oxygens (including phenoxy) is 1. The third-order valence-corrected chi connectivity index (χ3v) is 5.70. The molecule has 0 radical (unpaired) electrons. The van der Waals surface area contributed by atoms with Gasteiger partial charge in [0, 0.05) is 18.0 Å². The van der Waals surface area contributed by atoms with Crippen molar-refractivity contribution in [1.82, 2.24) is 15.5 Å². The van der Waals surface area contributed by atoms with Crippen LogP contribution in [-0.2, 0) is 4.79 Å². The van der Waals surface area contributed by atoms with E-state index in [4.69, 9.17) is 4.74 Å². The smallest absolute Gasteiger partial charge is 0.223 e. The van der Waals surface area contributed by atoms with E-state index in [1.807, 2.05) is 32.3 Å². The zero-order valence-corrected chi connectivity index (χ0v) is 17.4. The quantitative estimate of drug-likeness (QED) is 0.766. The predicted molar refractivity (Wildman–Crippen MR) is 110 cm³/mol. The molecular weight excluding hydrogens is 373 g/mol. The number of carbonyl (C=O) groups is 1. The molecule has 2 unspecified atom stereocenters. The molecule has 1 saturated carbocycles. The van der Waals surface area contributed by atoms with Crippen molar-refractivity contribution in [2.24, 2.45) is 11.3 Å². The van der Waals surface area contributed by atoms with E-state index in [1.165, 1.54) is 0 Å². The number of rotatable bonds is 6. The van der Waals surface area contributed by atoms with E-state index in [1.54, 1.807) is 7.11 Å². The SMILES string of the molecule is COc1ccccc1C(CNC(=O)C1CC12CCNCC2)N(C)C.Cl.Cl. The van der Waals surface area contributed by atoms with Gasteiger partial charge in [-0.2, -0.15) is 0 Å². The first-order chi connectivity index (χ1) is 11.6. The van der Waals surface area contributed by atoms with Gasteiger partial charge in [0.2, 0.25) is 5.91 Å². The van der Waals surface area contributed by atoms with Crippen LogP contribution in [0.1, 0.15) is 30.9 Å². The molecule has 5 nitrogen and oxygen atoms in total. The van der Waals surface area contributed by atoms with Crippen LogP contribution in [0, 0.1) is 11.3 Å². The molecule has 2 aliphatic rings. The molecule has 1 amide bonds. The van der Waals surface area contributed by atoms with E-state index in [9.17, 15) is 4.79 Å². The standard InChI is InChI=1S/C19H29N3O2.2ClH/c1-22(2)16(14-6-4-5-7-17(14)24-3)13-21-18(23)15-12-19(15)8-10-20-11-9-19;;/h4-7,15-16,20H,8-13H2,1-3H3,(H,21,23);2*1H. The molecule has 3 rings (SSSR count). The van der Waals surface area contributed by atoms with Gasteiger partial charge in [-0.3, -0.25) is 4.79 Å². The van der Waals surface area contributed by atoms with Crippen molar-refractivity contribution in [2.75, 3.05) is 40.8 Å². The lowest BCUT2D eigenvalue weighted by Crippen LogP contribution is -2.37. The van der Waals surface area contributed by atoms with Crippen LogP contribution in [0.15, 0.2) is 24.3 Å². The molecule has 0 aromatic heterocycles. The van der Waals surface area contributed by atoms with Gasteiger partial charge in [0.15, 0.2) is 0 Å². The Morgan fingerprint density at radius 1 is 1.31 bits per heavy atom. The Balaban J connectivity index is 0.00000169. The van der Waals surface area contributed by atoms with Gasteiger partial charge < -0.3 is 20.3 Å². The molecule has 1 aromatic carbocycles. The monoisotopic (exact) mass is 403 g/mol. The van der Waals surface area contributed by atoms with Crippen molar-refractivity contribution in [2.45, 2.75) is 25.3 Å². The highest BCUT2D eigenvalue weighted by Crippen LogP contribution is 2.58. The number of likely N-dealkylation sites (N-methyl/N-ethyl adjacent to an activating group) is 1. The van der Waals surface area contributed by atoms with Crippen molar-refractivity contribution >= 4 is 30.7 Å². The predicted octanol–water partition coefficient (Wildman–Crippen LogP) is 2.65. The van der Waals surface area contributed by atoms with Gasteiger partial charge in [-0.05, 0) is 57.9 Å². The van der Waals surface area contributed by atoms with E-state index in [0.717, 1.165) is 43.7 Å². The summed E-state index contributed by atoms with van der Waals surface area (Å²) in [5.41, 5.74) is 1.39. The molecule has 1 heterocycles. The van der Waals surface area contributed by atoms with E-state index in [0.29, 0.717) is 6.54 Å². The third-order valence-electron chi connectivity index (χ3n) is 5.70. The van der Waals surface area contributed by atoms with Gasteiger partial charge in [0.05, 0.1) is 13.2 Å². The Hall–Kier alpha value is -1.01. The minimum absolute atomic E-state index is 0. The minimum atomic E-state index is 0. The number of methoxy groups -OCH3 is 1. The van der Waals surface area contributed by atoms with E-state index in [2.05, 4.69) is 21.6 Å². The lowest BCUT2D eigenvalue weighted by molar-refractivity contribution is -0.123. The van der Waals surface area contributed by atoms with E-state index < -0.39 is 0 Å². The summed E-state index contributed by atoms with van der Waals surface area (Å²) >= 11 is 0. The van der Waals surface area contributed by atoms with Crippen molar-refractivity contribution in [1.29, 1.82) is 0 Å². The number of carbonyl (C=O) groups excluding carboxylic acids is 1. The van der Waals surface area contributed by atoms with Crippen LogP contribution in [0.4, 0.5) is 0 Å². The normalized spacial score (nSPS) is 21.3. The maximum absolute atomic E-state index is 12.6. The maximum Gasteiger partial charge on any atom is 0.223 e. The molecule has 2 N–H and O–H groups in total. The summed E-state index contributed by atoms with van der Waals surface area (Å²) in [6, 6.07) is 8.13. The number of para-hydroxylation sites is 1. The average Bonchev–Trinajstić information content (AvgIpc) is 3.28. The molecule has 1 spiro atoms. The fraction of sp³-hybridized carbons (Fsp3) is 0.632. The highest BCUT2D eigenvalue weighted by Gasteiger charge is 2.57. The molecule has 26 heavy (non-hydrogen) atoms. The second kappa shape index (κ2) is 9.79. The molecule has 7 heteroatoms. The second-order valence-corrected chi connectivity index (χ2v) is 7.34. The van der Waals surface area contributed by atoms with Crippen LogP contribution >= 0.6 is 24.8 Å². The Kier molecular flexibility index (Phi) is 8.67. The first-order valence-corrected chi connectivity index (χ1v) is 8.85. The minimum Gasteiger partial charge on any atom is -0.496 e. The number of nitrogens with one attached hydrogen (secondary N) is 2. The molecule has 1 aliphatic heterocycles. The molecule has 1 saturated heterocycles. The lowest BCUT2D eigenvalue weighted by atomic mass is 9.91. The first-order valence-electron chi connectivity index (χ1n) is 8.85. The zero-order valence-electron chi connectivity index (χ0n) is 15.8. The van der Waals surface area contributed by atoms with E-state index >= 15 is 0 Å². The highest BCUT2D eigenvalue weighted by molar-refractivity contribution is 5.85. The number of amides is 1. The van der Waals surface area contributed by atoms with Gasteiger partial charge in [-0.25, -0.2) is 0 Å². The first kappa shape index (κ1) is 23.0. The van der Waals surface area contributed by atoms with E-state index in [-0.39, 0.29) is 48.1 Å². The van der Waals surface area contributed by atoms with Crippen molar-refractivity contribution in [3.63, 3.8) is 0 Å². The molecule has 2 atom stereocenters. The number of halogens is 2. The van der Waals surface area contributed by atoms with Crippen LogP contribution in [-0.4, -0.2) is 51.6 Å². The summed E-state index contributed by atoms with van der Waals surface area (Å²) in [7, 11) is 5.76. The second-order valence-electron chi connectivity index (χ2n) is 7.34. The lowest BCUT2D eigenvalue weighted by Gasteiger charge is -2.27. The van der Waals surface area contributed by atoms with Gasteiger partial charge in [-0.1, -0.05) is 18.2 Å². The summed E-state index contributed by atoms with van der Waals surface area (Å²) < 4.78 is 5.49. The fourth-order valence-electron chi connectivity index (χ4n) is 4.03. The topological polar surface area (TPSA) is 53.6 Å². The summed E-state index contributed by atoms with van der Waals surface area (Å²) in [4.78, 5) is 14.7.